The lowest BCUT2D eigenvalue weighted by atomic mass is 10.00. The molecule has 1 saturated heterocycles. The number of thiocarbonyl (C=S) groups is 1. The van der Waals surface area contributed by atoms with Crippen molar-refractivity contribution in [2.75, 3.05) is 6.61 Å². The Kier molecular flexibility index (Phi) is 6.88. The van der Waals surface area contributed by atoms with Gasteiger partial charge in [0.2, 0.25) is 0 Å². The van der Waals surface area contributed by atoms with Gasteiger partial charge in [-0.25, -0.2) is 4.39 Å². The topological polar surface area (TPSA) is 77.4 Å². The fourth-order valence-corrected chi connectivity index (χ4v) is 2.45. The molecule has 0 aliphatic carbocycles. The highest BCUT2D eigenvalue weighted by atomic mass is 32.1. The van der Waals surface area contributed by atoms with Crippen LogP contribution < -0.4 is 4.74 Å². The molecule has 6 nitrogen and oxygen atoms in total. The smallest absolute Gasteiger partial charge is 0.358 e. The lowest BCUT2D eigenvalue weighted by molar-refractivity contribution is -0.291. The summed E-state index contributed by atoms with van der Waals surface area (Å²) in [5.41, 5.74) is 0. The molecule has 0 spiro atoms. The van der Waals surface area contributed by atoms with Gasteiger partial charge in [-0.2, -0.15) is 0 Å². The molecule has 1 aromatic carbocycles. The predicted octanol–water partition coefficient (Wildman–Crippen LogP) is 1.77. The third-order valence-electron chi connectivity index (χ3n) is 3.52. The molecule has 1 aromatic rings. The molecule has 134 valence electrons. The lowest BCUT2D eigenvalue weighted by Gasteiger charge is -2.40. The third kappa shape index (κ3) is 4.84. The highest BCUT2D eigenvalue weighted by molar-refractivity contribution is 7.79. The molecular formula is C16H21FO6S. The van der Waals surface area contributed by atoms with Crippen LogP contribution in [0.15, 0.2) is 24.3 Å². The Labute approximate surface area is 145 Å². The summed E-state index contributed by atoms with van der Waals surface area (Å²) in [6.07, 6.45) is -4.21. The number of aliphatic hydroxyl groups excluding tert-OH is 2. The minimum atomic E-state index is -1.24. The zero-order chi connectivity index (χ0) is 17.7. The van der Waals surface area contributed by atoms with Crippen LogP contribution in [0.3, 0.4) is 0 Å². The summed E-state index contributed by atoms with van der Waals surface area (Å²) >= 11 is 4.98. The van der Waals surface area contributed by atoms with Gasteiger partial charge in [0.1, 0.15) is 23.8 Å². The van der Waals surface area contributed by atoms with E-state index in [9.17, 15) is 14.6 Å². The number of ether oxygens (including phenoxy) is 4. The normalized spacial score (nSPS) is 30.0. The molecule has 0 unspecified atom stereocenters. The number of aliphatic hydroxyl groups is 2. The first kappa shape index (κ1) is 19.0. The van der Waals surface area contributed by atoms with Crippen LogP contribution in [-0.2, 0) is 14.2 Å². The van der Waals surface area contributed by atoms with E-state index in [1.54, 1.807) is 6.92 Å². The molecular weight excluding hydrogens is 339 g/mol. The van der Waals surface area contributed by atoms with E-state index in [2.05, 4.69) is 0 Å². The van der Waals surface area contributed by atoms with Crippen molar-refractivity contribution in [3.63, 3.8) is 0 Å². The standard InChI is InChI=1S/C16H21FO6S/c1-3-8-20-15-13(19)14(12(18)9(2)21-15)23-16(24)22-11-6-4-10(17)5-7-11/h4-7,9,12-15,18-19H,3,8H2,1-2H3/t9-,12-,13+,14+,15+/m0/s1. The second-order valence-corrected chi connectivity index (χ2v) is 5.78. The average Bonchev–Trinajstić information content (AvgIpc) is 2.56. The van der Waals surface area contributed by atoms with Crippen LogP contribution in [0.5, 0.6) is 5.75 Å². The molecule has 0 bridgehead atoms. The van der Waals surface area contributed by atoms with Crippen LogP contribution in [-0.4, -0.2) is 52.8 Å². The number of hydrogen-bond acceptors (Lipinski definition) is 7. The highest BCUT2D eigenvalue weighted by Gasteiger charge is 2.45. The van der Waals surface area contributed by atoms with E-state index in [1.807, 2.05) is 6.92 Å². The largest absolute Gasteiger partial charge is 0.447 e. The molecule has 0 saturated carbocycles. The number of hydrogen-bond donors (Lipinski definition) is 2. The Hall–Kier alpha value is -1.32. The molecule has 5 atom stereocenters. The summed E-state index contributed by atoms with van der Waals surface area (Å²) in [4.78, 5) is 0. The van der Waals surface area contributed by atoms with Gasteiger partial charge >= 0.3 is 5.24 Å². The van der Waals surface area contributed by atoms with E-state index in [4.69, 9.17) is 31.2 Å². The van der Waals surface area contributed by atoms with Gasteiger partial charge in [-0.1, -0.05) is 6.92 Å². The fourth-order valence-electron chi connectivity index (χ4n) is 2.24. The average molecular weight is 360 g/mol. The van der Waals surface area contributed by atoms with E-state index in [1.165, 1.54) is 24.3 Å². The van der Waals surface area contributed by atoms with Crippen molar-refractivity contribution in [2.45, 2.75) is 51.0 Å². The first-order valence-corrected chi connectivity index (χ1v) is 8.10. The van der Waals surface area contributed by atoms with Crippen molar-refractivity contribution in [3.05, 3.63) is 30.1 Å². The van der Waals surface area contributed by atoms with Gasteiger partial charge in [-0.3, -0.25) is 0 Å². The summed E-state index contributed by atoms with van der Waals surface area (Å²) in [6.45, 7) is 3.96. The Morgan fingerprint density at radius 3 is 2.54 bits per heavy atom. The summed E-state index contributed by atoms with van der Waals surface area (Å²) in [5.74, 6) is -0.126. The van der Waals surface area contributed by atoms with Crippen LogP contribution in [0.1, 0.15) is 20.3 Å². The Bertz CT molecular complexity index is 540. The Balaban J connectivity index is 1.99. The van der Waals surface area contributed by atoms with E-state index < -0.39 is 36.5 Å². The van der Waals surface area contributed by atoms with Crippen molar-refractivity contribution < 1.29 is 33.6 Å². The predicted molar refractivity (Wildman–Crippen MR) is 87.1 cm³/mol. The first-order chi connectivity index (χ1) is 11.4. The lowest BCUT2D eigenvalue weighted by Crippen LogP contribution is -2.59. The molecule has 2 rings (SSSR count). The molecule has 1 aliphatic rings. The molecule has 1 heterocycles. The van der Waals surface area contributed by atoms with Crippen LogP contribution in [0.4, 0.5) is 4.39 Å². The van der Waals surface area contributed by atoms with Gasteiger partial charge in [-0.05, 0) is 37.6 Å². The molecule has 24 heavy (non-hydrogen) atoms. The zero-order valence-electron chi connectivity index (χ0n) is 13.4. The molecule has 1 fully saturated rings. The Morgan fingerprint density at radius 1 is 1.25 bits per heavy atom. The minimum Gasteiger partial charge on any atom is -0.447 e. The molecule has 8 heteroatoms. The van der Waals surface area contributed by atoms with Crippen LogP contribution in [0.2, 0.25) is 0 Å². The summed E-state index contributed by atoms with van der Waals surface area (Å²) in [7, 11) is 0. The second-order valence-electron chi connectivity index (χ2n) is 5.45. The van der Waals surface area contributed by atoms with Crippen molar-refractivity contribution in [1.82, 2.24) is 0 Å². The summed E-state index contributed by atoms with van der Waals surface area (Å²) in [6, 6.07) is 5.20. The van der Waals surface area contributed by atoms with Gasteiger partial charge in [0.15, 0.2) is 12.4 Å². The monoisotopic (exact) mass is 360 g/mol. The quantitative estimate of drug-likeness (QED) is 0.775. The maximum atomic E-state index is 12.9. The molecule has 0 amide bonds. The molecule has 0 aromatic heterocycles. The van der Waals surface area contributed by atoms with Crippen LogP contribution in [0, 0.1) is 5.82 Å². The number of rotatable bonds is 5. The van der Waals surface area contributed by atoms with E-state index >= 15 is 0 Å². The van der Waals surface area contributed by atoms with Gasteiger partial charge in [0.05, 0.1) is 6.10 Å². The van der Waals surface area contributed by atoms with Gasteiger partial charge < -0.3 is 29.2 Å². The molecule has 1 aliphatic heterocycles. The van der Waals surface area contributed by atoms with Crippen LogP contribution in [0.25, 0.3) is 0 Å². The van der Waals surface area contributed by atoms with E-state index in [0.717, 1.165) is 6.42 Å². The van der Waals surface area contributed by atoms with Crippen molar-refractivity contribution in [2.24, 2.45) is 0 Å². The van der Waals surface area contributed by atoms with Gasteiger partial charge in [0.25, 0.3) is 0 Å². The van der Waals surface area contributed by atoms with E-state index in [0.29, 0.717) is 6.61 Å². The summed E-state index contributed by atoms with van der Waals surface area (Å²) < 4.78 is 34.4. The zero-order valence-corrected chi connectivity index (χ0v) is 14.2. The van der Waals surface area contributed by atoms with Crippen molar-refractivity contribution in [1.29, 1.82) is 0 Å². The fraction of sp³-hybridized carbons (Fsp3) is 0.562. The van der Waals surface area contributed by atoms with Crippen molar-refractivity contribution >= 4 is 17.5 Å². The van der Waals surface area contributed by atoms with Gasteiger partial charge in [0, 0.05) is 18.8 Å². The second kappa shape index (κ2) is 8.68. The van der Waals surface area contributed by atoms with Crippen molar-refractivity contribution in [3.8, 4) is 5.75 Å². The number of halogens is 1. The number of benzene rings is 1. The minimum absolute atomic E-state index is 0.282. The Morgan fingerprint density at radius 2 is 1.92 bits per heavy atom. The summed E-state index contributed by atoms with van der Waals surface area (Å²) in [5, 5.41) is 20.2. The van der Waals surface area contributed by atoms with E-state index in [-0.39, 0.29) is 11.0 Å². The SMILES string of the molecule is CCCO[C@@H]1O[C@@H](C)[C@H](O)[C@@H](OC(=S)Oc2ccc(F)cc2)[C@H]1O. The first-order valence-electron chi connectivity index (χ1n) is 7.69. The highest BCUT2D eigenvalue weighted by Crippen LogP contribution is 2.25. The van der Waals surface area contributed by atoms with Crippen LogP contribution >= 0.6 is 12.2 Å². The third-order valence-corrected chi connectivity index (χ3v) is 3.69. The molecule has 0 radical (unpaired) electrons. The molecule has 2 N–H and O–H groups in total. The maximum absolute atomic E-state index is 12.9. The van der Waals surface area contributed by atoms with Gasteiger partial charge in [-0.15, -0.1) is 0 Å². The maximum Gasteiger partial charge on any atom is 0.358 e.